The molecule has 2 aliphatic rings. The fraction of sp³-hybridized carbons (Fsp3) is 0.857. The Labute approximate surface area is 94.5 Å². The summed E-state index contributed by atoms with van der Waals surface area (Å²) in [4.78, 5) is 2.80. The van der Waals surface area contributed by atoms with Crippen molar-refractivity contribution in [2.24, 2.45) is 11.8 Å². The maximum absolute atomic E-state index is 3.92. The van der Waals surface area contributed by atoms with Crippen LogP contribution >= 0.6 is 0 Å². The van der Waals surface area contributed by atoms with Crippen LogP contribution in [0.5, 0.6) is 0 Å². The second kappa shape index (κ2) is 4.69. The molecule has 2 fully saturated rings. The minimum atomic E-state index is 0.790. The number of nitrogens with zero attached hydrogens (tertiary/aromatic N) is 1. The number of hydrogen-bond acceptors (Lipinski definition) is 1. The number of rotatable bonds is 3. The van der Waals surface area contributed by atoms with Gasteiger partial charge in [0.25, 0.3) is 0 Å². The van der Waals surface area contributed by atoms with Crippen molar-refractivity contribution in [1.29, 1.82) is 0 Å². The molecule has 0 N–H and O–H groups in total. The highest BCUT2D eigenvalue weighted by Crippen LogP contribution is 2.40. The first-order valence-corrected chi connectivity index (χ1v) is 6.64. The van der Waals surface area contributed by atoms with E-state index >= 15 is 0 Å². The zero-order chi connectivity index (χ0) is 10.8. The lowest BCUT2D eigenvalue weighted by molar-refractivity contribution is 0.0336. The van der Waals surface area contributed by atoms with Crippen LogP contribution in [0.25, 0.3) is 0 Å². The summed E-state index contributed by atoms with van der Waals surface area (Å²) in [6.45, 7) is 10.1. The molecule has 0 saturated carbocycles. The van der Waals surface area contributed by atoms with Crippen molar-refractivity contribution in [1.82, 2.24) is 4.90 Å². The van der Waals surface area contributed by atoms with Crippen molar-refractivity contribution in [3.05, 3.63) is 12.7 Å². The highest BCUT2D eigenvalue weighted by Gasteiger charge is 2.41. The Balaban J connectivity index is 2.11. The molecule has 0 radical (unpaired) electrons. The number of fused-ring (bicyclic) bond motifs is 1. The van der Waals surface area contributed by atoms with Crippen molar-refractivity contribution in [2.45, 2.75) is 58.0 Å². The summed E-state index contributed by atoms with van der Waals surface area (Å²) in [5.74, 6) is 1.82. The Morgan fingerprint density at radius 2 is 2.27 bits per heavy atom. The first-order chi connectivity index (χ1) is 7.27. The Hall–Kier alpha value is -0.300. The van der Waals surface area contributed by atoms with Crippen molar-refractivity contribution < 1.29 is 0 Å². The molecular formula is C14H25N. The lowest BCUT2D eigenvalue weighted by Crippen LogP contribution is -2.51. The molecule has 0 aromatic rings. The molecule has 1 heteroatoms. The molecule has 2 aliphatic heterocycles. The molecule has 86 valence electrons. The van der Waals surface area contributed by atoms with E-state index in [1.165, 1.54) is 38.6 Å². The van der Waals surface area contributed by atoms with Crippen molar-refractivity contribution in [2.75, 3.05) is 6.54 Å². The Morgan fingerprint density at radius 1 is 1.47 bits per heavy atom. The fourth-order valence-electron chi connectivity index (χ4n) is 3.83. The predicted octanol–water partition coefficient (Wildman–Crippen LogP) is 3.46. The molecule has 0 unspecified atom stereocenters. The van der Waals surface area contributed by atoms with Gasteiger partial charge in [0, 0.05) is 12.1 Å². The highest BCUT2D eigenvalue weighted by molar-refractivity contribution is 4.98. The molecule has 4 atom stereocenters. The molecule has 2 saturated heterocycles. The highest BCUT2D eigenvalue weighted by atomic mass is 15.2. The maximum atomic E-state index is 3.92. The molecule has 1 nitrogen and oxygen atoms in total. The van der Waals surface area contributed by atoms with Crippen LogP contribution in [0.3, 0.4) is 0 Å². The summed E-state index contributed by atoms with van der Waals surface area (Å²) < 4.78 is 0. The van der Waals surface area contributed by atoms with E-state index in [0.29, 0.717) is 0 Å². The summed E-state index contributed by atoms with van der Waals surface area (Å²) in [6, 6.07) is 1.69. The van der Waals surface area contributed by atoms with E-state index in [1.54, 1.807) is 0 Å². The smallest absolute Gasteiger partial charge is 0.0158 e. The van der Waals surface area contributed by atoms with Crippen molar-refractivity contribution in [3.63, 3.8) is 0 Å². The Kier molecular flexibility index (Phi) is 3.50. The Bertz CT molecular complexity index is 223. The minimum absolute atomic E-state index is 0.790. The molecule has 2 heterocycles. The van der Waals surface area contributed by atoms with Gasteiger partial charge in [0.2, 0.25) is 0 Å². The van der Waals surface area contributed by atoms with E-state index in [1.807, 2.05) is 0 Å². The molecule has 0 amide bonds. The van der Waals surface area contributed by atoms with Gasteiger partial charge < -0.3 is 0 Å². The fourth-order valence-corrected chi connectivity index (χ4v) is 3.83. The molecule has 15 heavy (non-hydrogen) atoms. The normalized spacial score (nSPS) is 41.5. The van der Waals surface area contributed by atoms with E-state index in [-0.39, 0.29) is 0 Å². The van der Waals surface area contributed by atoms with Gasteiger partial charge in [-0.05, 0) is 44.1 Å². The minimum Gasteiger partial charge on any atom is -0.297 e. The average molecular weight is 207 g/mol. The van der Waals surface area contributed by atoms with Crippen LogP contribution in [0, 0.1) is 11.8 Å². The molecule has 0 spiro atoms. The second-order valence-electron chi connectivity index (χ2n) is 5.42. The van der Waals surface area contributed by atoms with Crippen LogP contribution in [0.15, 0.2) is 12.7 Å². The van der Waals surface area contributed by atoms with Crippen LogP contribution in [0.4, 0.5) is 0 Å². The third-order valence-corrected chi connectivity index (χ3v) is 4.58. The van der Waals surface area contributed by atoms with E-state index in [9.17, 15) is 0 Å². The van der Waals surface area contributed by atoms with Crippen molar-refractivity contribution >= 4 is 0 Å². The maximum Gasteiger partial charge on any atom is 0.0158 e. The molecule has 0 aromatic heterocycles. The number of piperidine rings is 1. The van der Waals surface area contributed by atoms with Gasteiger partial charge in [0.05, 0.1) is 0 Å². The van der Waals surface area contributed by atoms with E-state index in [0.717, 1.165) is 23.9 Å². The van der Waals surface area contributed by atoms with Gasteiger partial charge in [0.1, 0.15) is 0 Å². The van der Waals surface area contributed by atoms with E-state index in [2.05, 4.69) is 31.4 Å². The van der Waals surface area contributed by atoms with E-state index < -0.39 is 0 Å². The number of hydrogen-bond donors (Lipinski definition) is 0. The summed E-state index contributed by atoms with van der Waals surface area (Å²) in [7, 11) is 0. The van der Waals surface area contributed by atoms with Crippen LogP contribution in [-0.2, 0) is 0 Å². The third kappa shape index (κ3) is 1.99. The second-order valence-corrected chi connectivity index (χ2v) is 5.42. The topological polar surface area (TPSA) is 3.24 Å². The third-order valence-electron chi connectivity index (χ3n) is 4.58. The van der Waals surface area contributed by atoms with Gasteiger partial charge in [0.15, 0.2) is 0 Å². The van der Waals surface area contributed by atoms with Gasteiger partial charge >= 0.3 is 0 Å². The Morgan fingerprint density at radius 3 is 2.93 bits per heavy atom. The SMILES string of the molecule is C=CC[C@@H]1[C@H](C)C[C@@H](CC)[C@@H]2CCCN12. The molecule has 0 bridgehead atoms. The molecule has 0 aliphatic carbocycles. The standard InChI is InChI=1S/C14H25N/c1-4-7-13-11(3)10-12(5-2)14-8-6-9-15(13)14/h4,11-14H,1,5-10H2,2-3H3/t11-,12-,13-,14+/m1/s1. The van der Waals surface area contributed by atoms with E-state index in [4.69, 9.17) is 0 Å². The van der Waals surface area contributed by atoms with Crippen LogP contribution in [0.2, 0.25) is 0 Å². The summed E-state index contributed by atoms with van der Waals surface area (Å²) >= 11 is 0. The molecule has 0 aromatic carbocycles. The van der Waals surface area contributed by atoms with Gasteiger partial charge in [-0.3, -0.25) is 4.90 Å². The summed E-state index contributed by atoms with van der Waals surface area (Å²) in [5.41, 5.74) is 0. The predicted molar refractivity (Wildman–Crippen MR) is 65.9 cm³/mol. The van der Waals surface area contributed by atoms with Crippen LogP contribution < -0.4 is 0 Å². The first-order valence-electron chi connectivity index (χ1n) is 6.64. The largest absolute Gasteiger partial charge is 0.297 e. The summed E-state index contributed by atoms with van der Waals surface area (Å²) in [5, 5.41) is 0. The van der Waals surface area contributed by atoms with Gasteiger partial charge in [-0.2, -0.15) is 0 Å². The van der Waals surface area contributed by atoms with Gasteiger partial charge in [-0.15, -0.1) is 6.58 Å². The van der Waals surface area contributed by atoms with Gasteiger partial charge in [-0.25, -0.2) is 0 Å². The van der Waals surface area contributed by atoms with Crippen molar-refractivity contribution in [3.8, 4) is 0 Å². The zero-order valence-electron chi connectivity index (χ0n) is 10.3. The zero-order valence-corrected chi connectivity index (χ0v) is 10.3. The lowest BCUT2D eigenvalue weighted by Gasteiger charge is -2.46. The lowest BCUT2D eigenvalue weighted by atomic mass is 9.77. The first kappa shape index (κ1) is 11.2. The molecule has 2 rings (SSSR count). The summed E-state index contributed by atoms with van der Waals surface area (Å²) in [6.07, 6.45) is 8.97. The van der Waals surface area contributed by atoms with Crippen LogP contribution in [-0.4, -0.2) is 23.5 Å². The monoisotopic (exact) mass is 207 g/mol. The van der Waals surface area contributed by atoms with Gasteiger partial charge in [-0.1, -0.05) is 26.3 Å². The quantitative estimate of drug-likeness (QED) is 0.641. The molecular weight excluding hydrogens is 182 g/mol. The van der Waals surface area contributed by atoms with Crippen LogP contribution in [0.1, 0.15) is 46.0 Å². The average Bonchev–Trinajstić information content (AvgIpc) is 2.70.